The Hall–Kier alpha value is -1.78. The molecule has 0 aliphatic rings. The molecule has 0 unspecified atom stereocenters. The third-order valence-corrected chi connectivity index (χ3v) is 2.00. The molecule has 0 aliphatic heterocycles. The van der Waals surface area contributed by atoms with Crippen molar-refractivity contribution in [3.8, 4) is 0 Å². The zero-order valence-electron chi connectivity index (χ0n) is 8.47. The Morgan fingerprint density at radius 1 is 1.44 bits per heavy atom. The number of ether oxygens (including phenoxy) is 1. The molecule has 5 heteroatoms. The summed E-state index contributed by atoms with van der Waals surface area (Å²) in [4.78, 5) is 11.1. The lowest BCUT2D eigenvalue weighted by Crippen LogP contribution is -2.09. The second-order valence-corrected chi connectivity index (χ2v) is 3.00. The molecule has 1 aromatic rings. The summed E-state index contributed by atoms with van der Waals surface area (Å²) < 4.78 is 41.9. The van der Waals surface area contributed by atoms with E-state index in [0.717, 1.165) is 31.4 Å². The Morgan fingerprint density at radius 3 is 2.50 bits per heavy atom. The standard InChI is InChI=1S/C11H9F3O2/c1-3-7-6-8(10(15)16-2)4-5-9(7)11(12,13)14/h3-6H,1H2,2H3. The van der Waals surface area contributed by atoms with Crippen molar-refractivity contribution in [1.29, 1.82) is 0 Å². The van der Waals surface area contributed by atoms with Gasteiger partial charge >= 0.3 is 12.1 Å². The van der Waals surface area contributed by atoms with Gasteiger partial charge in [0.05, 0.1) is 18.2 Å². The third kappa shape index (κ3) is 2.42. The molecule has 0 heterocycles. The SMILES string of the molecule is C=Cc1cc(C(=O)OC)ccc1C(F)(F)F. The van der Waals surface area contributed by atoms with Crippen molar-refractivity contribution in [2.24, 2.45) is 0 Å². The van der Waals surface area contributed by atoms with E-state index in [0.29, 0.717) is 0 Å². The molecule has 16 heavy (non-hydrogen) atoms. The predicted molar refractivity (Wildman–Crippen MR) is 52.9 cm³/mol. The van der Waals surface area contributed by atoms with Crippen LogP contribution < -0.4 is 0 Å². The Kier molecular flexibility index (Phi) is 3.37. The number of alkyl halides is 3. The van der Waals surface area contributed by atoms with Gasteiger partial charge in [-0.05, 0) is 23.8 Å². The molecule has 0 saturated heterocycles. The number of carbonyl (C=O) groups is 1. The molecular formula is C11H9F3O2. The molecule has 0 radical (unpaired) electrons. The first-order valence-corrected chi connectivity index (χ1v) is 4.32. The Bertz CT molecular complexity index is 422. The first-order valence-electron chi connectivity index (χ1n) is 4.32. The van der Waals surface area contributed by atoms with Crippen molar-refractivity contribution in [2.75, 3.05) is 7.11 Å². The van der Waals surface area contributed by atoms with E-state index >= 15 is 0 Å². The molecule has 1 aromatic carbocycles. The van der Waals surface area contributed by atoms with E-state index in [2.05, 4.69) is 11.3 Å². The minimum Gasteiger partial charge on any atom is -0.465 e. The summed E-state index contributed by atoms with van der Waals surface area (Å²) in [5.74, 6) is -0.683. The van der Waals surface area contributed by atoms with E-state index in [9.17, 15) is 18.0 Å². The molecule has 86 valence electrons. The molecule has 0 fully saturated rings. The van der Waals surface area contributed by atoms with Crippen LogP contribution >= 0.6 is 0 Å². The summed E-state index contributed by atoms with van der Waals surface area (Å²) in [6.45, 7) is 3.28. The molecule has 0 aromatic heterocycles. The molecule has 1 rings (SSSR count). The fourth-order valence-electron chi connectivity index (χ4n) is 1.23. The maximum Gasteiger partial charge on any atom is 0.416 e. The maximum absolute atomic E-state index is 12.5. The molecule has 0 atom stereocenters. The number of benzene rings is 1. The summed E-state index contributed by atoms with van der Waals surface area (Å²) in [7, 11) is 1.16. The summed E-state index contributed by atoms with van der Waals surface area (Å²) >= 11 is 0. The van der Waals surface area contributed by atoms with Gasteiger partial charge < -0.3 is 4.74 Å². The van der Waals surface area contributed by atoms with Crippen LogP contribution in [0.25, 0.3) is 6.08 Å². The summed E-state index contributed by atoms with van der Waals surface area (Å²) in [6, 6.07) is 3.01. The Morgan fingerprint density at radius 2 is 2.06 bits per heavy atom. The number of halogens is 3. The van der Waals surface area contributed by atoms with Crippen LogP contribution in [0.2, 0.25) is 0 Å². The molecule has 0 bridgehead atoms. The largest absolute Gasteiger partial charge is 0.465 e. The topological polar surface area (TPSA) is 26.3 Å². The quantitative estimate of drug-likeness (QED) is 0.729. The highest BCUT2D eigenvalue weighted by Gasteiger charge is 2.32. The van der Waals surface area contributed by atoms with Crippen molar-refractivity contribution < 1.29 is 22.7 Å². The molecule has 0 spiro atoms. The average Bonchev–Trinajstić information content (AvgIpc) is 2.25. The number of rotatable bonds is 2. The van der Waals surface area contributed by atoms with Crippen LogP contribution in [0.15, 0.2) is 24.8 Å². The van der Waals surface area contributed by atoms with Gasteiger partial charge in [0.1, 0.15) is 0 Å². The van der Waals surface area contributed by atoms with E-state index in [1.165, 1.54) is 0 Å². The number of esters is 1. The molecule has 0 aliphatic carbocycles. The van der Waals surface area contributed by atoms with Crippen LogP contribution in [0.1, 0.15) is 21.5 Å². The van der Waals surface area contributed by atoms with Crippen molar-refractivity contribution in [1.82, 2.24) is 0 Å². The molecular weight excluding hydrogens is 221 g/mol. The van der Waals surface area contributed by atoms with Crippen LogP contribution in [0.3, 0.4) is 0 Å². The average molecular weight is 230 g/mol. The molecule has 0 N–H and O–H groups in total. The van der Waals surface area contributed by atoms with Crippen LogP contribution in [0, 0.1) is 0 Å². The van der Waals surface area contributed by atoms with E-state index in [1.807, 2.05) is 0 Å². The van der Waals surface area contributed by atoms with Crippen molar-refractivity contribution >= 4 is 12.0 Å². The smallest absolute Gasteiger partial charge is 0.416 e. The molecule has 0 amide bonds. The van der Waals surface area contributed by atoms with Gasteiger partial charge in [0.15, 0.2) is 0 Å². The Labute approximate surface area is 90.3 Å². The van der Waals surface area contributed by atoms with Crippen LogP contribution in [-0.2, 0) is 10.9 Å². The summed E-state index contributed by atoms with van der Waals surface area (Å²) in [6.07, 6.45) is -3.41. The van der Waals surface area contributed by atoms with Gasteiger partial charge in [0.2, 0.25) is 0 Å². The first-order chi connectivity index (χ1) is 7.40. The zero-order valence-corrected chi connectivity index (χ0v) is 8.47. The number of methoxy groups -OCH3 is 1. The van der Waals surface area contributed by atoms with Gasteiger partial charge in [-0.25, -0.2) is 4.79 Å². The highest BCUT2D eigenvalue weighted by molar-refractivity contribution is 5.90. The van der Waals surface area contributed by atoms with E-state index in [4.69, 9.17) is 0 Å². The fraction of sp³-hybridized carbons (Fsp3) is 0.182. The second-order valence-electron chi connectivity index (χ2n) is 3.00. The zero-order chi connectivity index (χ0) is 12.3. The van der Waals surface area contributed by atoms with Gasteiger partial charge in [-0.15, -0.1) is 0 Å². The van der Waals surface area contributed by atoms with E-state index in [1.54, 1.807) is 0 Å². The van der Waals surface area contributed by atoms with Crippen molar-refractivity contribution in [2.45, 2.75) is 6.18 Å². The van der Waals surface area contributed by atoms with E-state index in [-0.39, 0.29) is 11.1 Å². The second kappa shape index (κ2) is 4.38. The van der Waals surface area contributed by atoms with E-state index < -0.39 is 17.7 Å². The minimum atomic E-state index is -4.46. The fourth-order valence-corrected chi connectivity index (χ4v) is 1.23. The predicted octanol–water partition coefficient (Wildman–Crippen LogP) is 3.14. The van der Waals surface area contributed by atoms with Gasteiger partial charge in [-0.2, -0.15) is 13.2 Å². The molecule has 2 nitrogen and oxygen atoms in total. The van der Waals surface area contributed by atoms with Crippen molar-refractivity contribution in [3.63, 3.8) is 0 Å². The summed E-state index contributed by atoms with van der Waals surface area (Å²) in [5, 5.41) is 0. The highest BCUT2D eigenvalue weighted by atomic mass is 19.4. The minimum absolute atomic E-state index is 0.0606. The van der Waals surface area contributed by atoms with Gasteiger partial charge in [0.25, 0.3) is 0 Å². The lowest BCUT2D eigenvalue weighted by Gasteiger charge is -2.11. The van der Waals surface area contributed by atoms with Gasteiger partial charge in [-0.3, -0.25) is 0 Å². The van der Waals surface area contributed by atoms with Crippen LogP contribution in [0.5, 0.6) is 0 Å². The highest BCUT2D eigenvalue weighted by Crippen LogP contribution is 2.33. The maximum atomic E-state index is 12.5. The van der Waals surface area contributed by atoms with Gasteiger partial charge in [0, 0.05) is 0 Å². The van der Waals surface area contributed by atoms with Gasteiger partial charge in [-0.1, -0.05) is 12.7 Å². The monoisotopic (exact) mass is 230 g/mol. The number of hydrogen-bond acceptors (Lipinski definition) is 2. The summed E-state index contributed by atoms with van der Waals surface area (Å²) in [5.41, 5.74) is -0.907. The number of carbonyl (C=O) groups excluding carboxylic acids is 1. The van der Waals surface area contributed by atoms with Crippen LogP contribution in [-0.4, -0.2) is 13.1 Å². The lowest BCUT2D eigenvalue weighted by atomic mass is 10.0. The Balaban J connectivity index is 3.28. The van der Waals surface area contributed by atoms with Crippen LogP contribution in [0.4, 0.5) is 13.2 Å². The number of hydrogen-bond donors (Lipinski definition) is 0. The lowest BCUT2D eigenvalue weighted by molar-refractivity contribution is -0.137. The normalized spacial score (nSPS) is 11.0. The van der Waals surface area contributed by atoms with Crippen molar-refractivity contribution in [3.05, 3.63) is 41.5 Å². The third-order valence-electron chi connectivity index (χ3n) is 2.00. The first kappa shape index (κ1) is 12.3. The molecule has 0 saturated carbocycles.